The highest BCUT2D eigenvalue weighted by molar-refractivity contribution is 6.37. The summed E-state index contributed by atoms with van der Waals surface area (Å²) >= 11 is 11.6. The first-order chi connectivity index (χ1) is 8.65. The van der Waals surface area contributed by atoms with Gasteiger partial charge >= 0.3 is 5.97 Å². The molecule has 0 radical (unpaired) electrons. The van der Waals surface area contributed by atoms with Crippen molar-refractivity contribution in [2.24, 2.45) is 5.73 Å². The highest BCUT2D eigenvalue weighted by Gasteiger charge is 2.30. The Morgan fingerprint density at radius 3 is 2.37 bits per heavy atom. The second-order valence-electron chi connectivity index (χ2n) is 4.01. The number of carbonyl (C=O) groups is 1. The zero-order valence-electron chi connectivity index (χ0n) is 9.72. The molecule has 0 aliphatic rings. The molecule has 0 aliphatic carbocycles. The molecule has 0 aromatic heterocycles. The fourth-order valence-electron chi connectivity index (χ4n) is 1.07. The molecule has 0 heterocycles. The Labute approximate surface area is 118 Å². The molecule has 0 amide bonds. The van der Waals surface area contributed by atoms with Gasteiger partial charge in [0.05, 0.1) is 15.0 Å². The Morgan fingerprint density at radius 1 is 1.53 bits per heavy atom. The van der Waals surface area contributed by atoms with E-state index in [1.165, 1.54) is 6.92 Å². The van der Waals surface area contributed by atoms with Crippen LogP contribution in [0.2, 0.25) is 10.0 Å². The van der Waals surface area contributed by atoms with Gasteiger partial charge in [0.25, 0.3) is 5.69 Å². The third-order valence-electron chi connectivity index (χ3n) is 2.20. The SMILES string of the molecule is CC(N)(COc1c(Cl)cc([N+](=O)[O-])cc1Cl)C(=O)O. The van der Waals surface area contributed by atoms with Crippen LogP contribution in [0.4, 0.5) is 5.69 Å². The smallest absolute Gasteiger partial charge is 0.326 e. The molecule has 1 unspecified atom stereocenters. The van der Waals surface area contributed by atoms with Crippen molar-refractivity contribution < 1.29 is 19.6 Å². The van der Waals surface area contributed by atoms with Gasteiger partial charge in [0.1, 0.15) is 12.1 Å². The van der Waals surface area contributed by atoms with Crippen LogP contribution in [0, 0.1) is 10.1 Å². The zero-order chi connectivity index (χ0) is 14.8. The molecule has 0 aliphatic heterocycles. The number of nitrogens with two attached hydrogens (primary N) is 1. The van der Waals surface area contributed by atoms with Gasteiger partial charge in [-0.25, -0.2) is 0 Å². The van der Waals surface area contributed by atoms with E-state index in [2.05, 4.69) is 0 Å². The number of rotatable bonds is 5. The van der Waals surface area contributed by atoms with Crippen molar-refractivity contribution >= 4 is 34.9 Å². The van der Waals surface area contributed by atoms with E-state index < -0.39 is 16.4 Å². The molecule has 0 spiro atoms. The number of hydrogen-bond donors (Lipinski definition) is 2. The molecule has 0 saturated heterocycles. The Morgan fingerprint density at radius 2 is 2.00 bits per heavy atom. The molecule has 1 atom stereocenters. The third kappa shape index (κ3) is 3.69. The van der Waals surface area contributed by atoms with Crippen molar-refractivity contribution in [3.63, 3.8) is 0 Å². The number of halogens is 2. The Bertz CT molecular complexity index is 510. The number of nitro benzene ring substituents is 1. The third-order valence-corrected chi connectivity index (χ3v) is 2.76. The van der Waals surface area contributed by atoms with E-state index in [0.29, 0.717) is 0 Å². The van der Waals surface area contributed by atoms with Gasteiger partial charge in [-0.15, -0.1) is 0 Å². The maximum Gasteiger partial charge on any atom is 0.326 e. The lowest BCUT2D eigenvalue weighted by atomic mass is 10.1. The second kappa shape index (κ2) is 5.60. The van der Waals surface area contributed by atoms with E-state index in [0.717, 1.165) is 12.1 Å². The molecule has 19 heavy (non-hydrogen) atoms. The molecule has 1 aromatic rings. The van der Waals surface area contributed by atoms with Gasteiger partial charge in [-0.2, -0.15) is 0 Å². The van der Waals surface area contributed by atoms with E-state index in [4.69, 9.17) is 38.8 Å². The topological polar surface area (TPSA) is 116 Å². The van der Waals surface area contributed by atoms with Gasteiger partial charge in [0.15, 0.2) is 5.75 Å². The van der Waals surface area contributed by atoms with E-state index >= 15 is 0 Å². The number of ether oxygens (including phenoxy) is 1. The van der Waals surface area contributed by atoms with Gasteiger partial charge < -0.3 is 15.6 Å². The normalized spacial score (nSPS) is 13.7. The lowest BCUT2D eigenvalue weighted by Gasteiger charge is -2.20. The number of carboxylic acid groups (broad SMARTS) is 1. The van der Waals surface area contributed by atoms with Crippen LogP contribution in [0.25, 0.3) is 0 Å². The second-order valence-corrected chi connectivity index (χ2v) is 4.82. The summed E-state index contributed by atoms with van der Waals surface area (Å²) in [5.41, 5.74) is 3.54. The molecule has 9 heteroatoms. The van der Waals surface area contributed by atoms with Gasteiger partial charge in [-0.1, -0.05) is 23.2 Å². The van der Waals surface area contributed by atoms with Gasteiger partial charge in [0.2, 0.25) is 0 Å². The first kappa shape index (κ1) is 15.5. The lowest BCUT2D eigenvalue weighted by Crippen LogP contribution is -2.50. The fourth-order valence-corrected chi connectivity index (χ4v) is 1.66. The van der Waals surface area contributed by atoms with Crippen LogP contribution in [0.3, 0.4) is 0 Å². The molecule has 1 rings (SSSR count). The molecule has 0 saturated carbocycles. The summed E-state index contributed by atoms with van der Waals surface area (Å²) in [4.78, 5) is 20.7. The minimum absolute atomic E-state index is 0.0492. The minimum atomic E-state index is -1.63. The Kier molecular flexibility index (Phi) is 4.56. The van der Waals surface area contributed by atoms with Crippen LogP contribution < -0.4 is 10.5 Å². The summed E-state index contributed by atoms with van der Waals surface area (Å²) in [6.07, 6.45) is 0. The molecule has 0 fully saturated rings. The average molecular weight is 309 g/mol. The van der Waals surface area contributed by atoms with Gasteiger partial charge in [-0.3, -0.25) is 14.9 Å². The predicted octanol–water partition coefficient (Wildman–Crippen LogP) is 2.08. The first-order valence-electron chi connectivity index (χ1n) is 4.93. The summed E-state index contributed by atoms with van der Waals surface area (Å²) in [6.45, 7) is 0.863. The Hall–Kier alpha value is -1.57. The van der Waals surface area contributed by atoms with Crippen LogP contribution >= 0.6 is 23.2 Å². The van der Waals surface area contributed by atoms with Crippen molar-refractivity contribution in [1.82, 2.24) is 0 Å². The molecule has 0 bridgehead atoms. The average Bonchev–Trinajstić information content (AvgIpc) is 2.27. The van der Waals surface area contributed by atoms with Crippen LogP contribution in [-0.2, 0) is 4.79 Å². The molecular weight excluding hydrogens is 299 g/mol. The molecule has 104 valence electrons. The van der Waals surface area contributed by atoms with E-state index in [1.807, 2.05) is 0 Å². The number of hydrogen-bond acceptors (Lipinski definition) is 5. The van der Waals surface area contributed by atoms with Crippen molar-refractivity contribution in [2.45, 2.75) is 12.5 Å². The summed E-state index contributed by atoms with van der Waals surface area (Å²) in [7, 11) is 0. The highest BCUT2D eigenvalue weighted by atomic mass is 35.5. The van der Waals surface area contributed by atoms with Crippen molar-refractivity contribution in [2.75, 3.05) is 6.61 Å². The van der Waals surface area contributed by atoms with Crippen LogP contribution in [0.1, 0.15) is 6.92 Å². The largest absolute Gasteiger partial charge is 0.488 e. The number of non-ortho nitro benzene ring substituents is 1. The van der Waals surface area contributed by atoms with Gasteiger partial charge in [-0.05, 0) is 6.92 Å². The van der Waals surface area contributed by atoms with Crippen molar-refractivity contribution in [1.29, 1.82) is 0 Å². The summed E-state index contributed by atoms with van der Waals surface area (Å²) in [5.74, 6) is -1.31. The number of carboxylic acids is 1. The maximum absolute atomic E-state index is 10.8. The molecule has 7 nitrogen and oxygen atoms in total. The van der Waals surface area contributed by atoms with Crippen molar-refractivity contribution in [3.05, 3.63) is 32.3 Å². The standard InChI is InChI=1S/C10H10Cl2N2O5/c1-10(13,9(15)16)4-19-8-6(11)2-5(14(17)18)3-7(8)12/h2-3H,4,13H2,1H3,(H,15,16). The predicted molar refractivity (Wildman–Crippen MR) is 68.8 cm³/mol. The van der Waals surface area contributed by atoms with E-state index in [1.54, 1.807) is 0 Å². The fraction of sp³-hybridized carbons (Fsp3) is 0.300. The van der Waals surface area contributed by atoms with Crippen molar-refractivity contribution in [3.8, 4) is 5.75 Å². The van der Waals surface area contributed by atoms with Gasteiger partial charge in [0, 0.05) is 12.1 Å². The molecular formula is C10H10Cl2N2O5. The number of benzene rings is 1. The molecule has 1 aromatic carbocycles. The van der Waals surface area contributed by atoms with E-state index in [-0.39, 0.29) is 28.1 Å². The number of nitro groups is 1. The number of nitrogens with zero attached hydrogens (tertiary/aromatic N) is 1. The van der Waals surface area contributed by atoms with Crippen LogP contribution in [0.5, 0.6) is 5.75 Å². The first-order valence-corrected chi connectivity index (χ1v) is 5.69. The summed E-state index contributed by atoms with van der Waals surface area (Å²) in [6, 6.07) is 2.11. The summed E-state index contributed by atoms with van der Waals surface area (Å²) in [5, 5.41) is 19.2. The van der Waals surface area contributed by atoms with Crippen LogP contribution in [0.15, 0.2) is 12.1 Å². The monoisotopic (exact) mass is 308 g/mol. The lowest BCUT2D eigenvalue weighted by molar-refractivity contribution is -0.384. The summed E-state index contributed by atoms with van der Waals surface area (Å²) < 4.78 is 5.14. The van der Waals surface area contributed by atoms with E-state index in [9.17, 15) is 14.9 Å². The number of aliphatic carboxylic acids is 1. The zero-order valence-corrected chi connectivity index (χ0v) is 11.2. The Balaban J connectivity index is 2.97. The quantitative estimate of drug-likeness (QED) is 0.635. The van der Waals surface area contributed by atoms with Crippen LogP contribution in [-0.4, -0.2) is 28.1 Å². The minimum Gasteiger partial charge on any atom is -0.488 e. The molecule has 3 N–H and O–H groups in total. The highest BCUT2D eigenvalue weighted by Crippen LogP contribution is 2.36. The maximum atomic E-state index is 10.8.